The van der Waals surface area contributed by atoms with Crippen LogP contribution in [0.1, 0.15) is 43.8 Å². The number of aryl methyl sites for hydroxylation is 1. The summed E-state index contributed by atoms with van der Waals surface area (Å²) in [6.45, 7) is 14.0. The standard InChI is InChI=1S/C16H26N2O/c1-5-18(10-12(2)3)11-15-8-13(4)16(19-15)9-17-14-6-7-14/h8,14,17H,2,5-7,9-11H2,1,3-4H3. The van der Waals surface area contributed by atoms with E-state index in [1.54, 1.807) is 0 Å². The van der Waals surface area contributed by atoms with Gasteiger partial charge in [-0.25, -0.2) is 0 Å². The van der Waals surface area contributed by atoms with Gasteiger partial charge in [-0.2, -0.15) is 0 Å². The van der Waals surface area contributed by atoms with Crippen molar-refractivity contribution in [3.05, 3.63) is 35.3 Å². The Balaban J connectivity index is 1.91. The molecule has 0 saturated heterocycles. The predicted molar refractivity (Wildman–Crippen MR) is 79.1 cm³/mol. The summed E-state index contributed by atoms with van der Waals surface area (Å²) in [5, 5.41) is 3.51. The van der Waals surface area contributed by atoms with Crippen LogP contribution < -0.4 is 5.32 Å². The second-order valence-corrected chi connectivity index (χ2v) is 5.73. The molecule has 0 radical (unpaired) electrons. The van der Waals surface area contributed by atoms with Crippen molar-refractivity contribution in [2.45, 2.75) is 52.7 Å². The maximum atomic E-state index is 5.97. The normalized spacial score (nSPS) is 15.2. The number of nitrogens with one attached hydrogen (secondary N) is 1. The maximum Gasteiger partial charge on any atom is 0.120 e. The fourth-order valence-electron chi connectivity index (χ4n) is 2.25. The van der Waals surface area contributed by atoms with Gasteiger partial charge in [0.2, 0.25) is 0 Å². The molecule has 0 atom stereocenters. The molecule has 1 fully saturated rings. The first-order valence-electron chi connectivity index (χ1n) is 7.26. The van der Waals surface area contributed by atoms with Gasteiger partial charge in [0.25, 0.3) is 0 Å². The van der Waals surface area contributed by atoms with Crippen LogP contribution in [0.3, 0.4) is 0 Å². The number of furan rings is 1. The molecule has 1 N–H and O–H groups in total. The number of hydrogen-bond acceptors (Lipinski definition) is 3. The summed E-state index contributed by atoms with van der Waals surface area (Å²) < 4.78 is 5.97. The van der Waals surface area contributed by atoms with Crippen molar-refractivity contribution < 1.29 is 4.42 Å². The van der Waals surface area contributed by atoms with E-state index in [1.807, 2.05) is 0 Å². The molecule has 0 spiro atoms. The fraction of sp³-hybridized carbons (Fsp3) is 0.625. The first kappa shape index (κ1) is 14.4. The molecule has 1 aromatic heterocycles. The molecule has 1 aliphatic rings. The molecule has 1 heterocycles. The van der Waals surface area contributed by atoms with Crippen LogP contribution >= 0.6 is 0 Å². The molecule has 1 aromatic rings. The van der Waals surface area contributed by atoms with E-state index >= 15 is 0 Å². The summed E-state index contributed by atoms with van der Waals surface area (Å²) >= 11 is 0. The number of rotatable bonds is 8. The zero-order chi connectivity index (χ0) is 13.8. The molecule has 1 saturated carbocycles. The number of nitrogens with zero attached hydrogens (tertiary/aromatic N) is 1. The highest BCUT2D eigenvalue weighted by atomic mass is 16.3. The second-order valence-electron chi connectivity index (χ2n) is 5.73. The fourth-order valence-corrected chi connectivity index (χ4v) is 2.25. The van der Waals surface area contributed by atoms with Gasteiger partial charge in [0.1, 0.15) is 11.5 Å². The van der Waals surface area contributed by atoms with Crippen molar-refractivity contribution >= 4 is 0 Å². The van der Waals surface area contributed by atoms with Crippen molar-refractivity contribution in [1.82, 2.24) is 10.2 Å². The Morgan fingerprint density at radius 3 is 2.84 bits per heavy atom. The lowest BCUT2D eigenvalue weighted by molar-refractivity contribution is 0.271. The van der Waals surface area contributed by atoms with E-state index in [-0.39, 0.29) is 0 Å². The summed E-state index contributed by atoms with van der Waals surface area (Å²) in [6.07, 6.45) is 2.63. The summed E-state index contributed by atoms with van der Waals surface area (Å²) in [7, 11) is 0. The molecule has 0 bridgehead atoms. The van der Waals surface area contributed by atoms with Crippen molar-refractivity contribution in [3.63, 3.8) is 0 Å². The highest BCUT2D eigenvalue weighted by Crippen LogP contribution is 2.21. The summed E-state index contributed by atoms with van der Waals surface area (Å²) in [5.41, 5.74) is 2.45. The van der Waals surface area contributed by atoms with E-state index in [0.717, 1.165) is 43.7 Å². The zero-order valence-corrected chi connectivity index (χ0v) is 12.5. The Labute approximate surface area is 116 Å². The highest BCUT2D eigenvalue weighted by Gasteiger charge is 2.21. The lowest BCUT2D eigenvalue weighted by atomic mass is 10.2. The Morgan fingerprint density at radius 1 is 1.53 bits per heavy atom. The van der Waals surface area contributed by atoms with E-state index in [0.29, 0.717) is 0 Å². The van der Waals surface area contributed by atoms with Crippen LogP contribution in [0, 0.1) is 6.92 Å². The van der Waals surface area contributed by atoms with Gasteiger partial charge in [-0.05, 0) is 44.9 Å². The molecule has 2 rings (SSSR count). The van der Waals surface area contributed by atoms with Gasteiger partial charge >= 0.3 is 0 Å². The van der Waals surface area contributed by atoms with E-state index < -0.39 is 0 Å². The maximum absolute atomic E-state index is 5.97. The van der Waals surface area contributed by atoms with Crippen LogP contribution in [0.2, 0.25) is 0 Å². The number of hydrogen-bond donors (Lipinski definition) is 1. The third kappa shape index (κ3) is 4.51. The Kier molecular flexibility index (Phi) is 4.83. The molecule has 3 nitrogen and oxygen atoms in total. The van der Waals surface area contributed by atoms with E-state index in [9.17, 15) is 0 Å². The van der Waals surface area contributed by atoms with E-state index in [2.05, 4.69) is 43.6 Å². The van der Waals surface area contributed by atoms with Crippen LogP contribution in [0.5, 0.6) is 0 Å². The quantitative estimate of drug-likeness (QED) is 0.729. The van der Waals surface area contributed by atoms with Gasteiger partial charge in [0.15, 0.2) is 0 Å². The summed E-state index contributed by atoms with van der Waals surface area (Å²) in [6, 6.07) is 2.90. The van der Waals surface area contributed by atoms with Crippen molar-refractivity contribution in [2.75, 3.05) is 13.1 Å². The molecule has 19 heavy (non-hydrogen) atoms. The van der Waals surface area contributed by atoms with Gasteiger partial charge in [-0.1, -0.05) is 19.1 Å². The topological polar surface area (TPSA) is 28.4 Å². The van der Waals surface area contributed by atoms with Crippen LogP contribution in [-0.4, -0.2) is 24.0 Å². The van der Waals surface area contributed by atoms with Crippen molar-refractivity contribution in [1.29, 1.82) is 0 Å². The van der Waals surface area contributed by atoms with Gasteiger partial charge in [-0.3, -0.25) is 4.90 Å². The van der Waals surface area contributed by atoms with Crippen LogP contribution in [-0.2, 0) is 13.1 Å². The van der Waals surface area contributed by atoms with Crippen molar-refractivity contribution in [3.8, 4) is 0 Å². The minimum atomic E-state index is 0.725. The minimum Gasteiger partial charge on any atom is -0.463 e. The van der Waals surface area contributed by atoms with Crippen LogP contribution in [0.15, 0.2) is 22.6 Å². The van der Waals surface area contributed by atoms with Gasteiger partial charge in [-0.15, -0.1) is 0 Å². The lowest BCUT2D eigenvalue weighted by Gasteiger charge is -2.18. The smallest absolute Gasteiger partial charge is 0.120 e. The number of likely N-dealkylation sites (N-methyl/N-ethyl adjacent to an activating group) is 1. The largest absolute Gasteiger partial charge is 0.463 e. The molecular formula is C16H26N2O. The predicted octanol–water partition coefficient (Wildman–Crippen LogP) is 3.24. The third-order valence-corrected chi connectivity index (χ3v) is 3.52. The Hall–Kier alpha value is -1.06. The monoisotopic (exact) mass is 262 g/mol. The zero-order valence-electron chi connectivity index (χ0n) is 12.5. The first-order chi connectivity index (χ1) is 9.08. The first-order valence-corrected chi connectivity index (χ1v) is 7.26. The molecule has 0 unspecified atom stereocenters. The molecule has 0 aromatic carbocycles. The van der Waals surface area contributed by atoms with E-state index in [1.165, 1.54) is 24.0 Å². The lowest BCUT2D eigenvalue weighted by Crippen LogP contribution is -2.24. The third-order valence-electron chi connectivity index (χ3n) is 3.52. The molecule has 0 aliphatic heterocycles. The average Bonchev–Trinajstić information content (AvgIpc) is 3.10. The minimum absolute atomic E-state index is 0.725. The highest BCUT2D eigenvalue weighted by molar-refractivity contribution is 5.20. The van der Waals surface area contributed by atoms with Crippen LogP contribution in [0.25, 0.3) is 0 Å². The molecule has 3 heteroatoms. The Morgan fingerprint density at radius 2 is 2.26 bits per heavy atom. The van der Waals surface area contributed by atoms with E-state index in [4.69, 9.17) is 4.42 Å². The molecule has 0 amide bonds. The van der Waals surface area contributed by atoms with Crippen LogP contribution in [0.4, 0.5) is 0 Å². The second kappa shape index (κ2) is 6.40. The molecule has 106 valence electrons. The molecular weight excluding hydrogens is 236 g/mol. The van der Waals surface area contributed by atoms with Gasteiger partial charge in [0, 0.05) is 12.6 Å². The van der Waals surface area contributed by atoms with Gasteiger partial charge < -0.3 is 9.73 Å². The SMILES string of the molecule is C=C(C)CN(CC)Cc1cc(C)c(CNC2CC2)o1. The summed E-state index contributed by atoms with van der Waals surface area (Å²) in [4.78, 5) is 2.35. The van der Waals surface area contributed by atoms with Crippen molar-refractivity contribution in [2.24, 2.45) is 0 Å². The van der Waals surface area contributed by atoms with Gasteiger partial charge in [0.05, 0.1) is 13.1 Å². The average molecular weight is 262 g/mol. The Bertz CT molecular complexity index is 432. The molecule has 1 aliphatic carbocycles. The summed E-state index contributed by atoms with van der Waals surface area (Å²) in [5.74, 6) is 2.15.